The van der Waals surface area contributed by atoms with Gasteiger partial charge in [-0.25, -0.2) is 30.0 Å². The van der Waals surface area contributed by atoms with Gasteiger partial charge in [-0.1, -0.05) is 0 Å². The van der Waals surface area contributed by atoms with E-state index in [9.17, 15) is 0 Å². The summed E-state index contributed by atoms with van der Waals surface area (Å²) in [5.41, 5.74) is 5.08. The zero-order valence-electron chi connectivity index (χ0n) is 18.8. The van der Waals surface area contributed by atoms with E-state index in [0.29, 0.717) is 29.4 Å². The third-order valence-corrected chi connectivity index (χ3v) is 5.70. The van der Waals surface area contributed by atoms with Gasteiger partial charge in [-0.15, -0.1) is 0 Å². The van der Waals surface area contributed by atoms with E-state index >= 15 is 0 Å². The standard InChI is InChI=1S/C24H22N8O2/c1-15-10-16(4-7-21(15)34-17-5-6-20-18(11-17)28-14-31(20)2)29-23-22-19(26-13-27-23)12-25-24(30-22)32-8-3-9-33-32/h4-7,10-14H,3,8-9H2,1-2H3,(H,26,27,29). The minimum atomic E-state index is 0.507. The van der Waals surface area contributed by atoms with Gasteiger partial charge >= 0.3 is 0 Å². The Morgan fingerprint density at radius 1 is 1.03 bits per heavy atom. The first-order valence-electron chi connectivity index (χ1n) is 11.0. The Balaban J connectivity index is 1.26. The molecular formula is C24H22N8O2. The van der Waals surface area contributed by atoms with Gasteiger partial charge in [-0.3, -0.25) is 4.84 Å². The highest BCUT2D eigenvalue weighted by Crippen LogP contribution is 2.31. The molecule has 170 valence electrons. The lowest BCUT2D eigenvalue weighted by Gasteiger charge is -2.15. The van der Waals surface area contributed by atoms with Crippen molar-refractivity contribution < 1.29 is 9.57 Å². The summed E-state index contributed by atoms with van der Waals surface area (Å²) in [5.74, 6) is 2.61. The van der Waals surface area contributed by atoms with Crippen LogP contribution in [-0.4, -0.2) is 42.6 Å². The van der Waals surface area contributed by atoms with E-state index in [4.69, 9.17) is 9.57 Å². The highest BCUT2D eigenvalue weighted by atomic mass is 16.7. The van der Waals surface area contributed by atoms with Crippen LogP contribution in [0.4, 0.5) is 17.5 Å². The van der Waals surface area contributed by atoms with Crippen LogP contribution in [0.15, 0.2) is 55.2 Å². The molecule has 0 bridgehead atoms. The lowest BCUT2D eigenvalue weighted by molar-refractivity contribution is 0.164. The van der Waals surface area contributed by atoms with E-state index in [-0.39, 0.29) is 0 Å². The number of imidazole rings is 1. The Morgan fingerprint density at radius 2 is 1.97 bits per heavy atom. The highest BCUT2D eigenvalue weighted by molar-refractivity contribution is 5.87. The zero-order valence-corrected chi connectivity index (χ0v) is 18.8. The van der Waals surface area contributed by atoms with Crippen molar-refractivity contribution in [3.8, 4) is 11.5 Å². The maximum atomic E-state index is 6.13. The van der Waals surface area contributed by atoms with Gasteiger partial charge in [0.05, 0.1) is 36.7 Å². The molecule has 1 N–H and O–H groups in total. The van der Waals surface area contributed by atoms with Gasteiger partial charge in [-0.2, -0.15) is 0 Å². The van der Waals surface area contributed by atoms with E-state index in [1.807, 2.05) is 54.9 Å². The first-order valence-corrected chi connectivity index (χ1v) is 11.0. The molecule has 6 rings (SSSR count). The predicted octanol–water partition coefficient (Wildman–Crippen LogP) is 4.29. The summed E-state index contributed by atoms with van der Waals surface area (Å²) in [6, 6.07) is 11.8. The Labute approximate surface area is 195 Å². The first-order chi connectivity index (χ1) is 16.6. The van der Waals surface area contributed by atoms with Crippen LogP contribution in [0.5, 0.6) is 11.5 Å². The Bertz CT molecular complexity index is 1510. The molecule has 3 aromatic heterocycles. The average molecular weight is 454 g/mol. The molecule has 0 aliphatic carbocycles. The number of aryl methyl sites for hydroxylation is 2. The number of nitrogens with zero attached hydrogens (tertiary/aromatic N) is 7. The maximum absolute atomic E-state index is 6.13. The van der Waals surface area contributed by atoms with Gasteiger partial charge < -0.3 is 14.6 Å². The summed E-state index contributed by atoms with van der Waals surface area (Å²) in [6.07, 6.45) is 5.93. The monoisotopic (exact) mass is 454 g/mol. The molecule has 0 unspecified atom stereocenters. The van der Waals surface area contributed by atoms with E-state index < -0.39 is 0 Å². The Hall–Kier alpha value is -4.31. The molecule has 0 saturated carbocycles. The van der Waals surface area contributed by atoms with Crippen LogP contribution in [-0.2, 0) is 11.9 Å². The number of benzene rings is 2. The molecule has 5 aromatic rings. The quantitative estimate of drug-likeness (QED) is 0.416. The van der Waals surface area contributed by atoms with Crippen LogP contribution in [0, 0.1) is 6.92 Å². The molecule has 0 radical (unpaired) electrons. The second-order valence-corrected chi connectivity index (χ2v) is 8.13. The number of hydrogen-bond acceptors (Lipinski definition) is 9. The second-order valence-electron chi connectivity index (χ2n) is 8.13. The fraction of sp³-hybridized carbons (Fsp3) is 0.208. The molecule has 10 nitrogen and oxygen atoms in total. The van der Waals surface area contributed by atoms with Gasteiger partial charge in [-0.05, 0) is 49.2 Å². The molecule has 0 atom stereocenters. The van der Waals surface area contributed by atoms with Crippen molar-refractivity contribution in [1.29, 1.82) is 0 Å². The van der Waals surface area contributed by atoms with E-state index in [2.05, 4.69) is 30.2 Å². The number of ether oxygens (including phenoxy) is 1. The number of aromatic nitrogens is 6. The predicted molar refractivity (Wildman–Crippen MR) is 128 cm³/mol. The number of fused-ring (bicyclic) bond motifs is 2. The number of nitrogens with one attached hydrogen (secondary N) is 1. The van der Waals surface area contributed by atoms with E-state index in [1.165, 1.54) is 6.33 Å². The van der Waals surface area contributed by atoms with Crippen LogP contribution >= 0.6 is 0 Å². The molecule has 0 amide bonds. The first kappa shape index (κ1) is 20.3. The molecule has 1 saturated heterocycles. The fourth-order valence-corrected chi connectivity index (χ4v) is 3.95. The van der Waals surface area contributed by atoms with Gasteiger partial charge in [0.2, 0.25) is 0 Å². The summed E-state index contributed by atoms with van der Waals surface area (Å²) < 4.78 is 8.11. The molecule has 10 heteroatoms. The summed E-state index contributed by atoms with van der Waals surface area (Å²) in [7, 11) is 1.97. The van der Waals surface area contributed by atoms with Crippen molar-refractivity contribution in [2.45, 2.75) is 13.3 Å². The van der Waals surface area contributed by atoms with E-state index in [1.54, 1.807) is 17.6 Å². The van der Waals surface area contributed by atoms with Crippen LogP contribution in [0.2, 0.25) is 0 Å². The third kappa shape index (κ3) is 3.73. The Kier molecular flexibility index (Phi) is 4.92. The maximum Gasteiger partial charge on any atom is 0.250 e. The van der Waals surface area contributed by atoms with E-state index in [0.717, 1.165) is 46.7 Å². The number of anilines is 3. The van der Waals surface area contributed by atoms with Gasteiger partial charge in [0, 0.05) is 18.8 Å². The molecule has 0 spiro atoms. The zero-order chi connectivity index (χ0) is 23.1. The molecule has 1 fully saturated rings. The molecule has 1 aliphatic rings. The summed E-state index contributed by atoms with van der Waals surface area (Å²) in [5, 5.41) is 5.06. The normalized spacial score (nSPS) is 13.6. The molecule has 2 aromatic carbocycles. The molecule has 1 aliphatic heterocycles. The smallest absolute Gasteiger partial charge is 0.250 e. The number of hydrogen-bond donors (Lipinski definition) is 1. The minimum Gasteiger partial charge on any atom is -0.457 e. The van der Waals surface area contributed by atoms with Crippen molar-refractivity contribution in [2.24, 2.45) is 7.05 Å². The highest BCUT2D eigenvalue weighted by Gasteiger charge is 2.18. The van der Waals surface area contributed by atoms with Crippen LogP contribution in [0.3, 0.4) is 0 Å². The molecule has 4 heterocycles. The lowest BCUT2D eigenvalue weighted by atomic mass is 10.2. The topological polar surface area (TPSA) is 103 Å². The minimum absolute atomic E-state index is 0.507. The van der Waals surface area contributed by atoms with Crippen molar-refractivity contribution in [3.63, 3.8) is 0 Å². The molecule has 34 heavy (non-hydrogen) atoms. The summed E-state index contributed by atoms with van der Waals surface area (Å²) in [4.78, 5) is 27.7. The van der Waals surface area contributed by atoms with Gasteiger partial charge in [0.1, 0.15) is 28.9 Å². The van der Waals surface area contributed by atoms with Crippen LogP contribution in [0.25, 0.3) is 22.1 Å². The fourth-order valence-electron chi connectivity index (χ4n) is 3.95. The van der Waals surface area contributed by atoms with Crippen LogP contribution < -0.4 is 15.1 Å². The van der Waals surface area contributed by atoms with Crippen molar-refractivity contribution in [1.82, 2.24) is 29.5 Å². The third-order valence-electron chi connectivity index (χ3n) is 5.70. The second kappa shape index (κ2) is 8.23. The summed E-state index contributed by atoms with van der Waals surface area (Å²) >= 11 is 0. The van der Waals surface area contributed by atoms with Crippen molar-refractivity contribution >= 4 is 39.5 Å². The molecular weight excluding hydrogens is 432 g/mol. The van der Waals surface area contributed by atoms with Crippen LogP contribution in [0.1, 0.15) is 12.0 Å². The number of hydroxylamine groups is 1. The average Bonchev–Trinajstić information content (AvgIpc) is 3.51. The van der Waals surface area contributed by atoms with Crippen molar-refractivity contribution in [2.75, 3.05) is 23.5 Å². The lowest BCUT2D eigenvalue weighted by Crippen LogP contribution is -2.19. The SMILES string of the molecule is Cc1cc(Nc2ncnc3cnc(N4CCCO4)nc23)ccc1Oc1ccc2c(c1)ncn2C. The summed E-state index contributed by atoms with van der Waals surface area (Å²) in [6.45, 7) is 3.43. The van der Waals surface area contributed by atoms with Crippen molar-refractivity contribution in [3.05, 3.63) is 60.8 Å². The largest absolute Gasteiger partial charge is 0.457 e. The number of rotatable bonds is 5. The van der Waals surface area contributed by atoms with Gasteiger partial charge in [0.25, 0.3) is 5.95 Å². The Morgan fingerprint density at radius 3 is 2.82 bits per heavy atom. The van der Waals surface area contributed by atoms with Gasteiger partial charge in [0.15, 0.2) is 5.82 Å².